The second-order valence-electron chi connectivity index (χ2n) is 3.08. The number of rotatable bonds is 5. The van der Waals surface area contributed by atoms with Crippen molar-refractivity contribution >= 4 is 5.91 Å². The molecule has 0 unspecified atom stereocenters. The van der Waals surface area contributed by atoms with Gasteiger partial charge in [0.05, 0.1) is 6.04 Å². The summed E-state index contributed by atoms with van der Waals surface area (Å²) in [4.78, 5) is 10.8. The van der Waals surface area contributed by atoms with E-state index in [2.05, 4.69) is 12.2 Å². The van der Waals surface area contributed by atoms with Crippen LogP contribution in [0, 0.1) is 5.92 Å². The van der Waals surface area contributed by atoms with E-state index >= 15 is 0 Å². The summed E-state index contributed by atoms with van der Waals surface area (Å²) in [6, 6.07) is -0.171. The predicted molar refractivity (Wildman–Crippen MR) is 46.1 cm³/mol. The summed E-state index contributed by atoms with van der Waals surface area (Å²) in [6.07, 6.45) is 1.02. The Balaban J connectivity index is 3.80. The molecule has 0 aliphatic carbocycles. The van der Waals surface area contributed by atoms with E-state index in [4.69, 9.17) is 5.73 Å². The first-order valence-corrected chi connectivity index (χ1v) is 4.12. The third-order valence-corrected chi connectivity index (χ3v) is 1.59. The Morgan fingerprint density at radius 1 is 1.55 bits per heavy atom. The molecule has 0 saturated heterocycles. The zero-order chi connectivity index (χ0) is 8.85. The third-order valence-electron chi connectivity index (χ3n) is 1.59. The normalized spacial score (nSPS) is 13.5. The van der Waals surface area contributed by atoms with Crippen LogP contribution in [0.1, 0.15) is 27.2 Å². The van der Waals surface area contributed by atoms with Gasteiger partial charge in [0.1, 0.15) is 0 Å². The summed E-state index contributed by atoms with van der Waals surface area (Å²) in [6.45, 7) is 6.88. The van der Waals surface area contributed by atoms with Crippen molar-refractivity contribution in [2.45, 2.75) is 33.2 Å². The molecule has 0 bridgehead atoms. The summed E-state index contributed by atoms with van der Waals surface area (Å²) in [7, 11) is 0. The van der Waals surface area contributed by atoms with E-state index in [0.29, 0.717) is 0 Å². The summed E-state index contributed by atoms with van der Waals surface area (Å²) in [5.74, 6) is 0.0208. The molecular weight excluding hydrogens is 140 g/mol. The number of hydrogen-bond donors (Lipinski definition) is 2. The van der Waals surface area contributed by atoms with Crippen LogP contribution in [0.4, 0.5) is 0 Å². The lowest BCUT2D eigenvalue weighted by atomic mass is 10.0. The van der Waals surface area contributed by atoms with E-state index < -0.39 is 0 Å². The van der Waals surface area contributed by atoms with Gasteiger partial charge in [-0.05, 0) is 18.9 Å². The monoisotopic (exact) mass is 158 g/mol. The van der Waals surface area contributed by atoms with Crippen molar-refractivity contribution in [3.05, 3.63) is 0 Å². The van der Waals surface area contributed by atoms with Crippen molar-refractivity contribution < 1.29 is 4.79 Å². The maximum atomic E-state index is 10.8. The first-order chi connectivity index (χ1) is 5.09. The molecule has 0 aromatic carbocycles. The molecule has 0 aromatic rings. The van der Waals surface area contributed by atoms with Gasteiger partial charge in [0, 0.05) is 0 Å². The fourth-order valence-corrected chi connectivity index (χ4v) is 0.965. The Kier molecular flexibility index (Phi) is 4.86. The highest BCUT2D eigenvalue weighted by molar-refractivity contribution is 5.80. The second kappa shape index (κ2) is 5.13. The minimum absolute atomic E-state index is 0.171. The number of nitrogens with one attached hydrogen (secondary N) is 1. The molecule has 3 nitrogen and oxygen atoms in total. The van der Waals surface area contributed by atoms with Crippen LogP contribution in [0.15, 0.2) is 0 Å². The summed E-state index contributed by atoms with van der Waals surface area (Å²) < 4.78 is 0. The molecule has 3 heteroatoms. The smallest absolute Gasteiger partial charge is 0.234 e. The number of hydrogen-bond acceptors (Lipinski definition) is 2. The quantitative estimate of drug-likeness (QED) is 0.612. The molecule has 0 rings (SSSR count). The molecule has 0 saturated carbocycles. The van der Waals surface area contributed by atoms with Crippen LogP contribution in [-0.4, -0.2) is 18.5 Å². The van der Waals surface area contributed by atoms with Crippen LogP contribution in [0.3, 0.4) is 0 Å². The molecule has 3 N–H and O–H groups in total. The van der Waals surface area contributed by atoms with Crippen LogP contribution < -0.4 is 11.1 Å². The topological polar surface area (TPSA) is 55.1 Å². The fraction of sp³-hybridized carbons (Fsp3) is 0.875. The van der Waals surface area contributed by atoms with E-state index in [1.54, 1.807) is 0 Å². The van der Waals surface area contributed by atoms with Crippen molar-refractivity contribution in [2.75, 3.05) is 6.54 Å². The zero-order valence-corrected chi connectivity index (χ0v) is 7.55. The van der Waals surface area contributed by atoms with Crippen molar-refractivity contribution in [1.29, 1.82) is 0 Å². The molecule has 0 aromatic heterocycles. The Bertz CT molecular complexity index is 123. The first kappa shape index (κ1) is 10.4. The molecule has 0 spiro atoms. The molecule has 0 fully saturated rings. The van der Waals surface area contributed by atoms with Gasteiger partial charge in [0.2, 0.25) is 5.91 Å². The Labute approximate surface area is 68.3 Å². The minimum Gasteiger partial charge on any atom is -0.368 e. The lowest BCUT2D eigenvalue weighted by Crippen LogP contribution is -2.45. The fourth-order valence-electron chi connectivity index (χ4n) is 0.965. The molecule has 0 radical (unpaired) electrons. The van der Waals surface area contributed by atoms with E-state index in [9.17, 15) is 4.79 Å². The Morgan fingerprint density at radius 2 is 2.09 bits per heavy atom. The lowest BCUT2D eigenvalue weighted by molar-refractivity contribution is -0.120. The van der Waals surface area contributed by atoms with Gasteiger partial charge in [-0.25, -0.2) is 0 Å². The minimum atomic E-state index is -0.256. The van der Waals surface area contributed by atoms with Gasteiger partial charge < -0.3 is 11.1 Å². The first-order valence-electron chi connectivity index (χ1n) is 4.12. The van der Waals surface area contributed by atoms with Crippen molar-refractivity contribution in [2.24, 2.45) is 11.7 Å². The van der Waals surface area contributed by atoms with E-state index in [1.165, 1.54) is 0 Å². The number of carbonyl (C=O) groups is 1. The highest BCUT2D eigenvalue weighted by atomic mass is 16.1. The van der Waals surface area contributed by atoms with Crippen LogP contribution in [0.25, 0.3) is 0 Å². The van der Waals surface area contributed by atoms with Gasteiger partial charge >= 0.3 is 0 Å². The number of amides is 1. The standard InChI is InChI=1S/C8H18N2O/c1-4-5-10-7(6(2)3)8(9)11/h6-7,10H,4-5H2,1-3H3,(H2,9,11)/t7-/m0/s1. The number of primary amides is 1. The molecule has 0 heterocycles. The molecule has 1 amide bonds. The van der Waals surface area contributed by atoms with Crippen LogP contribution in [0.2, 0.25) is 0 Å². The van der Waals surface area contributed by atoms with Crippen molar-refractivity contribution in [1.82, 2.24) is 5.32 Å². The maximum absolute atomic E-state index is 10.8. The average Bonchev–Trinajstić information content (AvgIpc) is 1.87. The van der Waals surface area contributed by atoms with Gasteiger partial charge in [-0.15, -0.1) is 0 Å². The van der Waals surface area contributed by atoms with Crippen molar-refractivity contribution in [3.63, 3.8) is 0 Å². The summed E-state index contributed by atoms with van der Waals surface area (Å²) in [5.41, 5.74) is 5.18. The molecule has 0 aliphatic heterocycles. The zero-order valence-electron chi connectivity index (χ0n) is 7.55. The Hall–Kier alpha value is -0.570. The van der Waals surface area contributed by atoms with Gasteiger partial charge in [0.25, 0.3) is 0 Å². The number of nitrogens with two attached hydrogens (primary N) is 1. The summed E-state index contributed by atoms with van der Waals surface area (Å²) in [5, 5.41) is 3.09. The molecule has 11 heavy (non-hydrogen) atoms. The average molecular weight is 158 g/mol. The molecule has 66 valence electrons. The predicted octanol–water partition coefficient (Wildman–Crippen LogP) is 0.496. The van der Waals surface area contributed by atoms with Crippen LogP contribution in [-0.2, 0) is 4.79 Å². The highest BCUT2D eigenvalue weighted by Crippen LogP contribution is 1.99. The summed E-state index contributed by atoms with van der Waals surface area (Å²) >= 11 is 0. The molecular formula is C8H18N2O. The maximum Gasteiger partial charge on any atom is 0.234 e. The second-order valence-corrected chi connectivity index (χ2v) is 3.08. The Morgan fingerprint density at radius 3 is 2.36 bits per heavy atom. The lowest BCUT2D eigenvalue weighted by Gasteiger charge is -2.18. The highest BCUT2D eigenvalue weighted by Gasteiger charge is 2.17. The largest absolute Gasteiger partial charge is 0.368 e. The molecule has 0 aliphatic rings. The van der Waals surface area contributed by atoms with Crippen molar-refractivity contribution in [3.8, 4) is 0 Å². The van der Waals surface area contributed by atoms with Gasteiger partial charge in [-0.2, -0.15) is 0 Å². The third kappa shape index (κ3) is 3.98. The van der Waals surface area contributed by atoms with E-state index in [-0.39, 0.29) is 17.9 Å². The van der Waals surface area contributed by atoms with Gasteiger partial charge in [-0.3, -0.25) is 4.79 Å². The van der Waals surface area contributed by atoms with Crippen LogP contribution >= 0.6 is 0 Å². The van der Waals surface area contributed by atoms with E-state index in [0.717, 1.165) is 13.0 Å². The molecule has 1 atom stereocenters. The van der Waals surface area contributed by atoms with Crippen LogP contribution in [0.5, 0.6) is 0 Å². The van der Waals surface area contributed by atoms with Gasteiger partial charge in [0.15, 0.2) is 0 Å². The number of carbonyl (C=O) groups excluding carboxylic acids is 1. The van der Waals surface area contributed by atoms with Gasteiger partial charge in [-0.1, -0.05) is 20.8 Å². The SMILES string of the molecule is CCCN[C@H](C(N)=O)C(C)C. The van der Waals surface area contributed by atoms with E-state index in [1.807, 2.05) is 13.8 Å².